The molecule has 0 amide bonds. The first-order valence-electron chi connectivity index (χ1n) is 16.5. The number of aryl methyl sites for hydroxylation is 3. The van der Waals surface area contributed by atoms with Crippen LogP contribution >= 0.6 is 0 Å². The molecule has 2 heterocycles. The van der Waals surface area contributed by atoms with Crippen LogP contribution in [0.25, 0.3) is 16.7 Å². The fraction of sp³-hybridized carbons (Fsp3) is 0.405. The predicted octanol–water partition coefficient (Wildman–Crippen LogP) is 10.3. The molecule has 2 aromatic carbocycles. The van der Waals surface area contributed by atoms with Crippen LogP contribution in [-0.4, -0.2) is 53.4 Å². The molecule has 0 saturated heterocycles. The zero-order valence-corrected chi connectivity index (χ0v) is 35.6. The van der Waals surface area contributed by atoms with E-state index < -0.39 is 0 Å². The molecular formula is C42H62N4O2Y-2. The van der Waals surface area contributed by atoms with Crippen LogP contribution in [0.3, 0.4) is 0 Å². The first-order valence-corrected chi connectivity index (χ1v) is 16.5. The van der Waals surface area contributed by atoms with E-state index >= 15 is 0 Å². The van der Waals surface area contributed by atoms with Gasteiger partial charge in [0.1, 0.15) is 5.75 Å². The average molecular weight is 744 g/mol. The van der Waals surface area contributed by atoms with E-state index in [0.717, 1.165) is 34.9 Å². The molecule has 0 fully saturated rings. The van der Waals surface area contributed by atoms with Crippen LogP contribution in [0, 0.1) is 41.3 Å². The van der Waals surface area contributed by atoms with Crippen LogP contribution in [0.1, 0.15) is 85.2 Å². The van der Waals surface area contributed by atoms with Crippen LogP contribution in [0.4, 0.5) is 0 Å². The fourth-order valence-electron chi connectivity index (χ4n) is 4.56. The van der Waals surface area contributed by atoms with Gasteiger partial charge >= 0.3 is 0 Å². The minimum Gasteiger partial charge on any atom is -0.496 e. The molecular weight excluding hydrogens is 681 g/mol. The van der Waals surface area contributed by atoms with Crippen molar-refractivity contribution in [2.45, 2.75) is 87.7 Å². The molecule has 0 bridgehead atoms. The summed E-state index contributed by atoms with van der Waals surface area (Å²) in [7, 11) is 7.30. The van der Waals surface area contributed by atoms with Crippen molar-refractivity contribution in [3.8, 4) is 16.9 Å². The van der Waals surface area contributed by atoms with E-state index in [9.17, 15) is 0 Å². The zero-order chi connectivity index (χ0) is 35.5. The number of allylic oxidation sites excluding steroid dienone is 1. The minimum absolute atomic E-state index is 0. The van der Waals surface area contributed by atoms with Gasteiger partial charge < -0.3 is 27.3 Å². The summed E-state index contributed by atoms with van der Waals surface area (Å²) < 4.78 is 5.22. The molecule has 1 N–H and O–H groups in total. The van der Waals surface area contributed by atoms with Crippen molar-refractivity contribution in [1.29, 1.82) is 0 Å². The standard InChI is InChI=1S/C16H18.C11H16N2O2.C10H15N2.C4H10.CH3.Y/c1-11-7-5-9-15(13(11)3)16-10-6-8-12(2)14(16)4;1-8(2)10-5-11(15-4)9(6-12-10)7-13(3)14;1-4-9-5-6-11-7-10(9)8-12(2)3;1-3-4-2;;/h5-10H,1-4H3;5-6,14H,1,7H2,2-4H3;5,7H,4,8H2,1-3H3;3-4H2,1-2H3;1H3;/q;;-1;;-1;. The van der Waals surface area contributed by atoms with Crippen LogP contribution in [0.2, 0.25) is 0 Å². The molecule has 2 aromatic heterocycles. The number of hydroxylamine groups is 2. The van der Waals surface area contributed by atoms with Gasteiger partial charge in [-0.2, -0.15) is 11.1 Å². The van der Waals surface area contributed by atoms with E-state index in [0.29, 0.717) is 12.3 Å². The minimum atomic E-state index is 0. The van der Waals surface area contributed by atoms with E-state index in [1.807, 2.05) is 25.3 Å². The van der Waals surface area contributed by atoms with Crippen molar-refractivity contribution in [3.63, 3.8) is 0 Å². The van der Waals surface area contributed by atoms with E-state index in [4.69, 9.17) is 9.94 Å². The Kier molecular flexibility index (Phi) is 25.8. The number of hydrogen-bond donors (Lipinski definition) is 1. The van der Waals surface area contributed by atoms with Gasteiger partial charge in [-0.3, -0.25) is 4.98 Å². The van der Waals surface area contributed by atoms with Crippen LogP contribution in [0.5, 0.6) is 5.75 Å². The number of rotatable bonds is 9. The first kappa shape index (κ1) is 48.4. The molecule has 0 saturated carbocycles. The molecule has 0 spiro atoms. The molecule has 0 aliphatic rings. The number of pyridine rings is 2. The summed E-state index contributed by atoms with van der Waals surface area (Å²) in [5.74, 6) is 0.712. The Morgan fingerprint density at radius 3 is 1.78 bits per heavy atom. The monoisotopic (exact) mass is 743 g/mol. The van der Waals surface area contributed by atoms with Gasteiger partial charge in [-0.15, -0.1) is 11.1 Å². The summed E-state index contributed by atoms with van der Waals surface area (Å²) >= 11 is 0. The second-order valence-electron chi connectivity index (χ2n) is 12.1. The van der Waals surface area contributed by atoms with Gasteiger partial charge in [-0.1, -0.05) is 95.4 Å². The van der Waals surface area contributed by atoms with Gasteiger partial charge in [-0.05, 0) is 87.7 Å². The molecule has 4 rings (SSSR count). The Bertz CT molecular complexity index is 1470. The van der Waals surface area contributed by atoms with Crippen molar-refractivity contribution in [2.75, 3.05) is 28.3 Å². The summed E-state index contributed by atoms with van der Waals surface area (Å²) in [5.41, 5.74) is 13.4. The largest absolute Gasteiger partial charge is 0.496 e. The Morgan fingerprint density at radius 1 is 0.837 bits per heavy atom. The summed E-state index contributed by atoms with van der Waals surface area (Å²) in [6, 6.07) is 16.8. The summed E-state index contributed by atoms with van der Waals surface area (Å²) in [4.78, 5) is 10.4. The molecule has 0 unspecified atom stereocenters. The molecule has 6 nitrogen and oxygen atoms in total. The van der Waals surface area contributed by atoms with Crippen LogP contribution in [0.15, 0.2) is 67.5 Å². The van der Waals surface area contributed by atoms with Crippen molar-refractivity contribution in [3.05, 3.63) is 126 Å². The third kappa shape index (κ3) is 17.2. The second-order valence-corrected chi connectivity index (χ2v) is 12.1. The van der Waals surface area contributed by atoms with E-state index in [2.05, 4.69) is 127 Å². The van der Waals surface area contributed by atoms with Crippen LogP contribution in [-0.2, 0) is 52.2 Å². The third-order valence-corrected chi connectivity index (χ3v) is 7.81. The Hall–Kier alpha value is -2.74. The molecule has 0 aliphatic carbocycles. The number of ether oxygens (including phenoxy) is 1. The van der Waals surface area contributed by atoms with Gasteiger partial charge in [-0.25, -0.2) is 0 Å². The quantitative estimate of drug-likeness (QED) is 0.136. The van der Waals surface area contributed by atoms with E-state index in [1.54, 1.807) is 20.4 Å². The molecule has 49 heavy (non-hydrogen) atoms. The third-order valence-electron chi connectivity index (χ3n) is 7.81. The van der Waals surface area contributed by atoms with Crippen molar-refractivity contribution in [1.82, 2.24) is 19.9 Å². The number of nitrogens with zero attached hydrogens (tertiary/aromatic N) is 4. The molecule has 7 heteroatoms. The van der Waals surface area contributed by atoms with Gasteiger partial charge in [0.25, 0.3) is 0 Å². The molecule has 4 aromatic rings. The Morgan fingerprint density at radius 2 is 1.37 bits per heavy atom. The molecule has 0 aliphatic heterocycles. The maximum Gasteiger partial charge on any atom is 0.127 e. The maximum absolute atomic E-state index is 9.14. The van der Waals surface area contributed by atoms with E-state index in [1.165, 1.54) is 57.3 Å². The SMILES string of the molecule is C=C(C)c1cc(OC)c(CN(C)O)cn1.CCCC.CCc1c[c-]ncc1CN(C)C.Cc1cccc(-c2cccc(C)c2C)c1C.[CH3-].[Y]. The molecule has 0 atom stereocenters. The normalized spacial score (nSPS) is 9.86. The second kappa shape index (κ2) is 26.1. The Balaban J connectivity index is 0. The molecule has 267 valence electrons. The number of methoxy groups -OCH3 is 1. The van der Waals surface area contributed by atoms with Crippen molar-refractivity contribution >= 4 is 5.57 Å². The average Bonchev–Trinajstić information content (AvgIpc) is 3.04. The van der Waals surface area contributed by atoms with Gasteiger partial charge in [0.2, 0.25) is 0 Å². The van der Waals surface area contributed by atoms with Crippen molar-refractivity contribution in [2.24, 2.45) is 0 Å². The van der Waals surface area contributed by atoms with Gasteiger partial charge in [0.15, 0.2) is 0 Å². The van der Waals surface area contributed by atoms with Crippen LogP contribution < -0.4 is 4.74 Å². The Labute approximate surface area is 324 Å². The fourth-order valence-corrected chi connectivity index (χ4v) is 4.56. The smallest absolute Gasteiger partial charge is 0.127 e. The maximum atomic E-state index is 9.14. The number of aromatic nitrogens is 2. The first-order chi connectivity index (χ1) is 22.3. The zero-order valence-electron chi connectivity index (χ0n) is 32.7. The number of benzene rings is 2. The van der Waals surface area contributed by atoms with E-state index in [-0.39, 0.29) is 40.1 Å². The predicted molar refractivity (Wildman–Crippen MR) is 206 cm³/mol. The van der Waals surface area contributed by atoms with Gasteiger partial charge in [0.05, 0.1) is 19.3 Å². The number of hydrogen-bond acceptors (Lipinski definition) is 6. The number of unbranched alkanes of at least 4 members (excludes halogenated alkanes) is 1. The van der Waals surface area contributed by atoms with Gasteiger partial charge in [0, 0.05) is 64.1 Å². The van der Waals surface area contributed by atoms with Crippen molar-refractivity contribution < 1.29 is 42.7 Å². The summed E-state index contributed by atoms with van der Waals surface area (Å²) in [5, 5.41) is 10.2. The molecule has 1 radical (unpaired) electrons. The summed E-state index contributed by atoms with van der Waals surface area (Å²) in [6.07, 6.45) is 10.1. The topological polar surface area (TPSA) is 61.7 Å². The summed E-state index contributed by atoms with van der Waals surface area (Å²) in [6.45, 7) is 22.3.